The molecule has 7 heteroatoms. The highest BCUT2D eigenvalue weighted by Gasteiger charge is 2.19. The van der Waals surface area contributed by atoms with Crippen LogP contribution in [0.15, 0.2) is 12.4 Å². The van der Waals surface area contributed by atoms with Crippen LogP contribution in [0.3, 0.4) is 0 Å². The molecule has 0 aliphatic rings. The monoisotopic (exact) mass is 248 g/mol. The number of hydrogen-bond donors (Lipinski definition) is 2. The van der Waals surface area contributed by atoms with E-state index in [9.17, 15) is 4.79 Å². The van der Waals surface area contributed by atoms with Crippen LogP contribution in [0.25, 0.3) is 0 Å². The second-order valence-corrected chi connectivity index (χ2v) is 4.02. The van der Waals surface area contributed by atoms with Crippen molar-refractivity contribution in [2.24, 2.45) is 7.05 Å². The van der Waals surface area contributed by atoms with Gasteiger partial charge in [0.25, 0.3) is 5.91 Å². The van der Waals surface area contributed by atoms with Gasteiger partial charge in [-0.15, -0.1) is 0 Å². The maximum Gasteiger partial charge on any atom is 0.276 e. The summed E-state index contributed by atoms with van der Waals surface area (Å²) < 4.78 is 3.21. The van der Waals surface area contributed by atoms with Gasteiger partial charge in [0.05, 0.1) is 23.3 Å². The molecule has 0 atom stereocenters. The molecule has 2 rings (SSSR count). The number of anilines is 2. The zero-order chi connectivity index (χ0) is 13.3. The maximum absolute atomic E-state index is 12.1. The van der Waals surface area contributed by atoms with E-state index in [0.717, 1.165) is 0 Å². The third-order valence-electron chi connectivity index (χ3n) is 2.65. The summed E-state index contributed by atoms with van der Waals surface area (Å²) in [7, 11) is 1.78. The Bertz CT molecular complexity index is 582. The van der Waals surface area contributed by atoms with Gasteiger partial charge in [-0.25, -0.2) is 0 Å². The van der Waals surface area contributed by atoms with E-state index in [1.54, 1.807) is 35.7 Å². The van der Waals surface area contributed by atoms with Crippen molar-refractivity contribution in [1.82, 2.24) is 19.6 Å². The van der Waals surface area contributed by atoms with Crippen LogP contribution in [0, 0.1) is 6.92 Å². The first-order valence-electron chi connectivity index (χ1n) is 5.65. The van der Waals surface area contributed by atoms with Crippen LogP contribution in [0.2, 0.25) is 0 Å². The third kappa shape index (κ3) is 2.06. The van der Waals surface area contributed by atoms with Crippen LogP contribution >= 0.6 is 0 Å². The molecule has 0 radical (unpaired) electrons. The Labute approximate surface area is 105 Å². The number of aryl methyl sites for hydroxylation is 3. The Morgan fingerprint density at radius 2 is 2.28 bits per heavy atom. The number of nitrogens with one attached hydrogen (secondary N) is 1. The third-order valence-corrected chi connectivity index (χ3v) is 2.65. The standard InChI is InChI=1S/C11H16N6O/c1-4-17-10(9(12)7(2)15-17)11(18)14-8-5-13-16(3)6-8/h5-6H,4,12H2,1-3H3,(H,14,18). The van der Waals surface area contributed by atoms with Gasteiger partial charge in [-0.1, -0.05) is 0 Å². The number of rotatable bonds is 3. The Morgan fingerprint density at radius 1 is 1.56 bits per heavy atom. The van der Waals surface area contributed by atoms with Crippen LogP contribution in [-0.2, 0) is 13.6 Å². The molecule has 0 aliphatic carbocycles. The molecule has 3 N–H and O–H groups in total. The molecule has 0 bridgehead atoms. The van der Waals surface area contributed by atoms with E-state index in [2.05, 4.69) is 15.5 Å². The molecule has 0 aliphatic heterocycles. The van der Waals surface area contributed by atoms with Gasteiger partial charge in [0.15, 0.2) is 0 Å². The summed E-state index contributed by atoms with van der Waals surface area (Å²) in [6, 6.07) is 0. The number of nitrogens with zero attached hydrogens (tertiary/aromatic N) is 4. The number of aromatic nitrogens is 4. The quantitative estimate of drug-likeness (QED) is 0.839. The molecule has 0 unspecified atom stereocenters. The second kappa shape index (κ2) is 4.52. The van der Waals surface area contributed by atoms with Crippen molar-refractivity contribution < 1.29 is 4.79 Å². The average molecular weight is 248 g/mol. The zero-order valence-electron chi connectivity index (χ0n) is 10.6. The predicted octanol–water partition coefficient (Wildman–Crippen LogP) is 0.779. The van der Waals surface area contributed by atoms with Gasteiger partial charge in [0.1, 0.15) is 5.69 Å². The lowest BCUT2D eigenvalue weighted by Gasteiger charge is -2.05. The van der Waals surface area contributed by atoms with Gasteiger partial charge < -0.3 is 11.1 Å². The molecule has 0 saturated carbocycles. The highest BCUT2D eigenvalue weighted by atomic mass is 16.2. The number of amides is 1. The average Bonchev–Trinajstić information content (AvgIpc) is 2.84. The van der Waals surface area contributed by atoms with Gasteiger partial charge >= 0.3 is 0 Å². The predicted molar refractivity (Wildman–Crippen MR) is 68.2 cm³/mol. The van der Waals surface area contributed by atoms with Crippen LogP contribution in [-0.4, -0.2) is 25.5 Å². The first kappa shape index (κ1) is 12.2. The van der Waals surface area contributed by atoms with Crippen LogP contribution in [0.5, 0.6) is 0 Å². The van der Waals surface area contributed by atoms with Crippen molar-refractivity contribution in [3.8, 4) is 0 Å². The first-order valence-corrected chi connectivity index (χ1v) is 5.65. The van der Waals surface area contributed by atoms with E-state index >= 15 is 0 Å². The molecule has 96 valence electrons. The fraction of sp³-hybridized carbons (Fsp3) is 0.364. The number of nitrogen functional groups attached to an aromatic ring is 1. The summed E-state index contributed by atoms with van der Waals surface area (Å²) in [6.07, 6.45) is 3.29. The Kier molecular flexibility index (Phi) is 3.05. The van der Waals surface area contributed by atoms with Crippen molar-refractivity contribution in [2.45, 2.75) is 20.4 Å². The first-order chi connectivity index (χ1) is 8.52. The highest BCUT2D eigenvalue weighted by Crippen LogP contribution is 2.18. The van der Waals surface area contributed by atoms with E-state index in [-0.39, 0.29) is 5.91 Å². The van der Waals surface area contributed by atoms with Gasteiger partial charge in [-0.3, -0.25) is 14.2 Å². The normalized spacial score (nSPS) is 10.6. The molecule has 2 aromatic heterocycles. The molecule has 18 heavy (non-hydrogen) atoms. The smallest absolute Gasteiger partial charge is 0.276 e. The summed E-state index contributed by atoms with van der Waals surface area (Å²) in [5.41, 5.74) is 7.97. The largest absolute Gasteiger partial charge is 0.395 e. The lowest BCUT2D eigenvalue weighted by atomic mass is 10.3. The summed E-state index contributed by atoms with van der Waals surface area (Å²) in [5.74, 6) is -0.275. The van der Waals surface area contributed by atoms with Crippen molar-refractivity contribution in [1.29, 1.82) is 0 Å². The molecular formula is C11H16N6O. The summed E-state index contributed by atoms with van der Waals surface area (Å²) in [5, 5.41) is 10.9. The maximum atomic E-state index is 12.1. The zero-order valence-corrected chi connectivity index (χ0v) is 10.6. The van der Waals surface area contributed by atoms with E-state index in [4.69, 9.17) is 5.73 Å². The summed E-state index contributed by atoms with van der Waals surface area (Å²) >= 11 is 0. The van der Waals surface area contributed by atoms with Crippen molar-refractivity contribution in [2.75, 3.05) is 11.1 Å². The SMILES string of the molecule is CCn1nc(C)c(N)c1C(=O)Nc1cnn(C)c1. The highest BCUT2D eigenvalue weighted by molar-refractivity contribution is 6.06. The van der Waals surface area contributed by atoms with Crippen molar-refractivity contribution in [3.63, 3.8) is 0 Å². The van der Waals surface area contributed by atoms with E-state index in [0.29, 0.717) is 29.3 Å². The molecule has 7 nitrogen and oxygen atoms in total. The number of carbonyl (C=O) groups is 1. The Balaban J connectivity index is 2.28. The van der Waals surface area contributed by atoms with Gasteiger partial charge in [-0.2, -0.15) is 10.2 Å². The molecular weight excluding hydrogens is 232 g/mol. The summed E-state index contributed by atoms with van der Waals surface area (Å²) in [4.78, 5) is 12.1. The molecule has 0 aromatic carbocycles. The topological polar surface area (TPSA) is 90.8 Å². The van der Waals surface area contributed by atoms with Crippen LogP contribution < -0.4 is 11.1 Å². The molecule has 1 amide bonds. The molecule has 0 spiro atoms. The number of nitrogens with two attached hydrogens (primary N) is 1. The van der Waals surface area contributed by atoms with Crippen LogP contribution in [0.1, 0.15) is 23.1 Å². The number of carbonyl (C=O) groups excluding carboxylic acids is 1. The van der Waals surface area contributed by atoms with Gasteiger partial charge in [0.2, 0.25) is 0 Å². The van der Waals surface area contributed by atoms with Gasteiger partial charge in [0, 0.05) is 19.8 Å². The Morgan fingerprint density at radius 3 is 2.83 bits per heavy atom. The van der Waals surface area contributed by atoms with Gasteiger partial charge in [-0.05, 0) is 13.8 Å². The molecule has 0 saturated heterocycles. The van der Waals surface area contributed by atoms with E-state index in [1.807, 2.05) is 6.92 Å². The number of hydrogen-bond acceptors (Lipinski definition) is 4. The van der Waals surface area contributed by atoms with Crippen molar-refractivity contribution in [3.05, 3.63) is 23.8 Å². The van der Waals surface area contributed by atoms with E-state index in [1.165, 1.54) is 0 Å². The molecule has 0 fully saturated rings. The van der Waals surface area contributed by atoms with Crippen molar-refractivity contribution >= 4 is 17.3 Å². The fourth-order valence-electron chi connectivity index (χ4n) is 1.74. The fourth-order valence-corrected chi connectivity index (χ4v) is 1.74. The lowest BCUT2D eigenvalue weighted by Crippen LogP contribution is -2.18. The summed E-state index contributed by atoms with van der Waals surface area (Å²) in [6.45, 7) is 4.28. The lowest BCUT2D eigenvalue weighted by molar-refractivity contribution is 0.101. The van der Waals surface area contributed by atoms with E-state index < -0.39 is 0 Å². The minimum absolute atomic E-state index is 0.275. The minimum Gasteiger partial charge on any atom is -0.395 e. The van der Waals surface area contributed by atoms with Crippen LogP contribution in [0.4, 0.5) is 11.4 Å². The Hall–Kier alpha value is -2.31. The molecule has 2 heterocycles. The molecule has 2 aromatic rings. The minimum atomic E-state index is -0.275. The second-order valence-electron chi connectivity index (χ2n) is 4.02.